The van der Waals surface area contributed by atoms with E-state index in [1.54, 1.807) is 39.8 Å². The van der Waals surface area contributed by atoms with Gasteiger partial charge in [-0.3, -0.25) is 19.2 Å². The zero-order valence-electron chi connectivity index (χ0n) is 23.5. The summed E-state index contributed by atoms with van der Waals surface area (Å²) in [7, 11) is 2.85. The Morgan fingerprint density at radius 3 is 2.31 bits per heavy atom. The predicted molar refractivity (Wildman–Crippen MR) is 144 cm³/mol. The highest BCUT2D eigenvalue weighted by atomic mass is 16.6. The molecule has 2 amide bonds. The van der Waals surface area contributed by atoms with Crippen LogP contribution in [0.5, 0.6) is 0 Å². The van der Waals surface area contributed by atoms with Crippen molar-refractivity contribution in [2.75, 3.05) is 14.2 Å². The molecule has 0 saturated heterocycles. The summed E-state index contributed by atoms with van der Waals surface area (Å²) in [5.41, 5.74) is 6.59. The summed E-state index contributed by atoms with van der Waals surface area (Å²) in [6.07, 6.45) is 4.38. The number of Topliss-reactive ketones (excluding diaryl/α,β-unsaturated/α-hetero) is 2. The van der Waals surface area contributed by atoms with Crippen molar-refractivity contribution < 1.29 is 38.2 Å². The Morgan fingerprint density at radius 1 is 1.05 bits per heavy atom. The number of amides is 2. The van der Waals surface area contributed by atoms with Crippen LogP contribution in [0, 0.1) is 11.8 Å². The molecule has 3 N–H and O–H groups in total. The molecule has 212 valence electrons. The third-order valence-corrected chi connectivity index (χ3v) is 6.86. The fraction of sp³-hybridized carbons (Fsp3) is 0.483. The van der Waals surface area contributed by atoms with E-state index in [2.05, 4.69) is 5.32 Å². The molecule has 1 heterocycles. The Bertz CT molecular complexity index is 1170. The van der Waals surface area contributed by atoms with E-state index in [9.17, 15) is 24.0 Å². The highest BCUT2D eigenvalue weighted by Gasteiger charge is 2.32. The number of primary amides is 1. The topological polar surface area (TPSA) is 151 Å². The molecular formula is C29H38N2O8. The first-order valence-electron chi connectivity index (χ1n) is 12.7. The first kappa shape index (κ1) is 31.6. The molecular weight excluding hydrogens is 504 g/mol. The van der Waals surface area contributed by atoms with Crippen molar-refractivity contribution in [3.05, 3.63) is 58.4 Å². The van der Waals surface area contributed by atoms with Crippen LogP contribution >= 0.6 is 0 Å². The van der Waals surface area contributed by atoms with E-state index < -0.39 is 42.0 Å². The lowest BCUT2D eigenvalue weighted by atomic mass is 9.84. The number of allylic oxidation sites excluding steroid dienone is 6. The number of hydrogen-bond donors (Lipinski definition) is 2. The quantitative estimate of drug-likeness (QED) is 0.408. The molecule has 5 atom stereocenters. The van der Waals surface area contributed by atoms with Gasteiger partial charge in [-0.25, -0.2) is 4.79 Å². The number of rotatable bonds is 3. The van der Waals surface area contributed by atoms with E-state index in [0.29, 0.717) is 23.1 Å². The van der Waals surface area contributed by atoms with Gasteiger partial charge in [-0.05, 0) is 45.1 Å². The van der Waals surface area contributed by atoms with Crippen molar-refractivity contribution in [2.45, 2.75) is 65.8 Å². The Labute approximate surface area is 229 Å². The van der Waals surface area contributed by atoms with Gasteiger partial charge in [-0.1, -0.05) is 38.2 Å². The van der Waals surface area contributed by atoms with Crippen LogP contribution in [0.4, 0.5) is 4.79 Å². The van der Waals surface area contributed by atoms with Gasteiger partial charge in [0.1, 0.15) is 12.2 Å². The average molecular weight is 543 g/mol. The molecule has 1 aliphatic heterocycles. The monoisotopic (exact) mass is 542 g/mol. The summed E-state index contributed by atoms with van der Waals surface area (Å²) < 4.78 is 16.3. The van der Waals surface area contributed by atoms with Crippen LogP contribution in [-0.2, 0) is 33.4 Å². The summed E-state index contributed by atoms with van der Waals surface area (Å²) in [6.45, 7) is 8.39. The van der Waals surface area contributed by atoms with Crippen LogP contribution < -0.4 is 11.1 Å². The van der Waals surface area contributed by atoms with Gasteiger partial charge in [0, 0.05) is 42.9 Å². The third kappa shape index (κ3) is 8.18. The van der Waals surface area contributed by atoms with E-state index in [-0.39, 0.29) is 35.2 Å². The Balaban J connectivity index is 2.58. The van der Waals surface area contributed by atoms with Crippen molar-refractivity contribution in [1.82, 2.24) is 5.32 Å². The molecule has 2 rings (SSSR count). The Hall–Kier alpha value is -3.63. The number of hydrogen-bond acceptors (Lipinski definition) is 8. The zero-order chi connectivity index (χ0) is 29.4. The minimum Gasteiger partial charge on any atom is -0.439 e. The van der Waals surface area contributed by atoms with E-state index in [0.717, 1.165) is 6.08 Å². The van der Waals surface area contributed by atoms with Crippen LogP contribution in [0.2, 0.25) is 0 Å². The molecule has 0 fully saturated rings. The van der Waals surface area contributed by atoms with Gasteiger partial charge >= 0.3 is 6.09 Å². The van der Waals surface area contributed by atoms with Crippen LogP contribution in [0.1, 0.15) is 47.5 Å². The van der Waals surface area contributed by atoms with Gasteiger partial charge in [-0.15, -0.1) is 0 Å². The minimum atomic E-state index is -1.02. The average Bonchev–Trinajstić information content (AvgIpc) is 2.88. The molecule has 2 bridgehead atoms. The number of nitrogens with one attached hydrogen (secondary N) is 1. The number of ether oxygens (including phenoxy) is 3. The molecule has 0 aromatic heterocycles. The van der Waals surface area contributed by atoms with E-state index in [4.69, 9.17) is 19.9 Å². The summed E-state index contributed by atoms with van der Waals surface area (Å²) >= 11 is 0. The summed E-state index contributed by atoms with van der Waals surface area (Å²) in [4.78, 5) is 63.6. The summed E-state index contributed by atoms with van der Waals surface area (Å²) in [5.74, 6) is -2.38. The van der Waals surface area contributed by atoms with Gasteiger partial charge in [0.15, 0.2) is 17.7 Å². The van der Waals surface area contributed by atoms with Crippen molar-refractivity contribution in [3.63, 3.8) is 0 Å². The molecule has 2 aliphatic rings. The smallest absolute Gasteiger partial charge is 0.405 e. The van der Waals surface area contributed by atoms with E-state index in [1.165, 1.54) is 26.4 Å². The lowest BCUT2D eigenvalue weighted by Gasteiger charge is -2.26. The van der Waals surface area contributed by atoms with Gasteiger partial charge in [0.05, 0.1) is 5.70 Å². The lowest BCUT2D eigenvalue weighted by Crippen LogP contribution is -2.35. The maximum Gasteiger partial charge on any atom is 0.405 e. The fourth-order valence-electron chi connectivity index (χ4n) is 4.57. The molecule has 0 radical (unpaired) electrons. The predicted octanol–water partition coefficient (Wildman–Crippen LogP) is 3.03. The molecule has 0 aromatic carbocycles. The van der Waals surface area contributed by atoms with E-state index in [1.807, 2.05) is 6.92 Å². The van der Waals surface area contributed by atoms with Gasteiger partial charge in [-0.2, -0.15) is 0 Å². The van der Waals surface area contributed by atoms with Crippen molar-refractivity contribution in [3.8, 4) is 0 Å². The van der Waals surface area contributed by atoms with Crippen molar-refractivity contribution in [2.24, 2.45) is 17.6 Å². The molecule has 0 unspecified atom stereocenters. The lowest BCUT2D eigenvalue weighted by molar-refractivity contribution is -0.132. The third-order valence-electron chi connectivity index (χ3n) is 6.86. The number of fused-ring (bicyclic) bond motifs is 2. The molecule has 1 aliphatic carbocycles. The highest BCUT2D eigenvalue weighted by Crippen LogP contribution is 2.28. The van der Waals surface area contributed by atoms with E-state index >= 15 is 0 Å². The van der Waals surface area contributed by atoms with Crippen LogP contribution in [0.15, 0.2) is 58.4 Å². The fourth-order valence-corrected chi connectivity index (χ4v) is 4.57. The van der Waals surface area contributed by atoms with Crippen molar-refractivity contribution in [1.29, 1.82) is 0 Å². The summed E-state index contributed by atoms with van der Waals surface area (Å²) in [5, 5.41) is 2.54. The summed E-state index contributed by atoms with van der Waals surface area (Å²) in [6, 6.07) is 0. The second kappa shape index (κ2) is 14.0. The normalized spacial score (nSPS) is 31.5. The highest BCUT2D eigenvalue weighted by molar-refractivity contribution is 6.23. The molecule has 0 saturated carbocycles. The molecule has 10 nitrogen and oxygen atoms in total. The Morgan fingerprint density at radius 2 is 1.72 bits per heavy atom. The number of carbonyl (C=O) groups is 5. The van der Waals surface area contributed by atoms with Crippen LogP contribution in [0.3, 0.4) is 0 Å². The molecule has 10 heteroatoms. The number of carbonyl (C=O) groups excluding carboxylic acids is 5. The second-order valence-corrected chi connectivity index (χ2v) is 9.97. The maximum absolute atomic E-state index is 13.3. The van der Waals surface area contributed by atoms with Gasteiger partial charge in [0.2, 0.25) is 5.78 Å². The molecule has 0 spiro atoms. The standard InChI is InChI=1S/C29H38N2O8/c1-15-11-20-19(5)22(32)14-21(26(20)34)31-28(35)16(2)9-8-10-23(37-6)27(39-29(30)36)18(4)13-17(3)25(33)24(12-15)38-7/h8-10,13-15,17,23-24,27H,11-12H2,1-7H3,(H2,30,36)(H,31,35)/b10-8-,16-9+,18-13+/t15-,17+,23+,24+,27+/m1/s1. The van der Waals surface area contributed by atoms with Gasteiger partial charge < -0.3 is 25.3 Å². The number of methoxy groups -OCH3 is 2. The SMILES string of the molecule is CO[C@H]1C[C@H](C)CC2=C(C)C(=O)C=C(NC(=O)/C(C)=C/C=C\[C@H](OC)[C@@H](OC(N)=O)/C(C)=C/[C@H](C)C1=O)C2=O. The second-order valence-electron chi connectivity index (χ2n) is 9.97. The van der Waals surface area contributed by atoms with Crippen LogP contribution in [-0.4, -0.2) is 61.9 Å². The van der Waals surface area contributed by atoms with Gasteiger partial charge in [0.25, 0.3) is 5.91 Å². The van der Waals surface area contributed by atoms with Crippen LogP contribution in [0.25, 0.3) is 0 Å². The largest absolute Gasteiger partial charge is 0.439 e. The maximum atomic E-state index is 13.3. The molecule has 0 aromatic rings. The number of nitrogens with two attached hydrogens (primary N) is 1. The zero-order valence-corrected chi connectivity index (χ0v) is 23.5. The number of ketones is 3. The first-order valence-corrected chi connectivity index (χ1v) is 12.7. The molecule has 39 heavy (non-hydrogen) atoms. The Kier molecular flexibility index (Phi) is 11.3. The first-order chi connectivity index (χ1) is 18.3. The van der Waals surface area contributed by atoms with Crippen molar-refractivity contribution >= 4 is 29.4 Å². The minimum absolute atomic E-state index is 0.107.